The Bertz CT molecular complexity index is 620. The Labute approximate surface area is 140 Å². The molecule has 6 nitrogen and oxygen atoms in total. The molecule has 0 saturated carbocycles. The molecule has 7 heteroatoms. The number of amides is 3. The zero-order chi connectivity index (χ0) is 17.0. The highest BCUT2D eigenvalue weighted by Gasteiger charge is 2.39. The number of carbonyl (C=O) groups is 3. The summed E-state index contributed by atoms with van der Waals surface area (Å²) in [5.74, 6) is -0.920. The molecular weight excluding hydrogens is 318 g/mol. The molecule has 0 aromatic heterocycles. The first-order valence-corrected chi connectivity index (χ1v) is 7.79. The summed E-state index contributed by atoms with van der Waals surface area (Å²) in [6.07, 6.45) is 0.216. The second-order valence-electron chi connectivity index (χ2n) is 5.63. The third-order valence-electron chi connectivity index (χ3n) is 3.89. The fourth-order valence-electron chi connectivity index (χ4n) is 2.80. The zero-order valence-corrected chi connectivity index (χ0v) is 13.9. The fraction of sp³-hybridized carbons (Fsp3) is 0.438. The number of nitrogens with one attached hydrogen (secondary N) is 2. The average molecular weight is 338 g/mol. The lowest BCUT2D eigenvalue weighted by molar-refractivity contribution is -0.130. The van der Waals surface area contributed by atoms with Gasteiger partial charge in [-0.05, 0) is 17.7 Å². The first-order chi connectivity index (χ1) is 10.9. The van der Waals surface area contributed by atoms with Crippen molar-refractivity contribution in [3.05, 3.63) is 34.9 Å². The minimum Gasteiger partial charge on any atom is -0.359 e. The third-order valence-corrected chi connectivity index (χ3v) is 4.12. The molecule has 2 atom stereocenters. The second kappa shape index (κ2) is 7.46. The van der Waals surface area contributed by atoms with E-state index in [9.17, 15) is 14.4 Å². The van der Waals surface area contributed by atoms with Gasteiger partial charge < -0.3 is 15.5 Å². The van der Waals surface area contributed by atoms with E-state index in [2.05, 4.69) is 10.6 Å². The molecule has 2 rings (SSSR count). The summed E-state index contributed by atoms with van der Waals surface area (Å²) < 4.78 is 0. The monoisotopic (exact) mass is 337 g/mol. The number of rotatable bonds is 4. The standard InChI is InChI=1S/C16H20ClN3O3/c1-10(21)19-14-9-20(8-13(14)16(23)18-2)15(22)7-11-4-3-5-12(17)6-11/h3-6,13-14H,7-9H2,1-2H3,(H,18,23)(H,19,21)/t13-,14-/m0/s1. The van der Waals surface area contributed by atoms with Crippen molar-refractivity contribution in [3.8, 4) is 0 Å². The van der Waals surface area contributed by atoms with Gasteiger partial charge in [0.25, 0.3) is 0 Å². The van der Waals surface area contributed by atoms with E-state index in [0.29, 0.717) is 18.1 Å². The molecule has 3 amide bonds. The van der Waals surface area contributed by atoms with Crippen molar-refractivity contribution in [2.24, 2.45) is 5.92 Å². The Morgan fingerprint density at radius 3 is 2.65 bits per heavy atom. The van der Waals surface area contributed by atoms with Crippen molar-refractivity contribution in [2.45, 2.75) is 19.4 Å². The zero-order valence-electron chi connectivity index (χ0n) is 13.1. The summed E-state index contributed by atoms with van der Waals surface area (Å²) in [6, 6.07) is 6.76. The molecule has 0 bridgehead atoms. The van der Waals surface area contributed by atoms with E-state index in [4.69, 9.17) is 11.6 Å². The molecule has 1 heterocycles. The maximum atomic E-state index is 12.5. The normalized spacial score (nSPS) is 20.2. The summed E-state index contributed by atoms with van der Waals surface area (Å²) in [5, 5.41) is 5.91. The summed E-state index contributed by atoms with van der Waals surface area (Å²) in [7, 11) is 1.55. The molecule has 1 aliphatic rings. The van der Waals surface area contributed by atoms with Crippen LogP contribution in [0.5, 0.6) is 0 Å². The van der Waals surface area contributed by atoms with Crippen LogP contribution >= 0.6 is 11.6 Å². The van der Waals surface area contributed by atoms with E-state index in [-0.39, 0.29) is 30.2 Å². The van der Waals surface area contributed by atoms with E-state index in [1.54, 1.807) is 30.1 Å². The van der Waals surface area contributed by atoms with Gasteiger partial charge in [0.2, 0.25) is 17.7 Å². The van der Waals surface area contributed by atoms with E-state index in [1.165, 1.54) is 6.92 Å². The maximum Gasteiger partial charge on any atom is 0.227 e. The molecular formula is C16H20ClN3O3. The number of benzene rings is 1. The lowest BCUT2D eigenvalue weighted by Gasteiger charge is -2.17. The molecule has 23 heavy (non-hydrogen) atoms. The molecule has 1 aromatic rings. The molecule has 0 spiro atoms. The second-order valence-corrected chi connectivity index (χ2v) is 6.07. The minimum atomic E-state index is -0.438. The molecule has 0 unspecified atom stereocenters. The van der Waals surface area contributed by atoms with Gasteiger partial charge in [0, 0.05) is 32.1 Å². The van der Waals surface area contributed by atoms with E-state index >= 15 is 0 Å². The highest BCUT2D eigenvalue weighted by Crippen LogP contribution is 2.19. The summed E-state index contributed by atoms with van der Waals surface area (Å²) in [5.41, 5.74) is 0.821. The van der Waals surface area contributed by atoms with Crippen molar-refractivity contribution in [2.75, 3.05) is 20.1 Å². The van der Waals surface area contributed by atoms with Gasteiger partial charge in [0.1, 0.15) is 0 Å². The van der Waals surface area contributed by atoms with Crippen LogP contribution in [0, 0.1) is 5.92 Å². The Morgan fingerprint density at radius 2 is 2.04 bits per heavy atom. The van der Waals surface area contributed by atoms with E-state index < -0.39 is 5.92 Å². The van der Waals surface area contributed by atoms with Crippen LogP contribution < -0.4 is 10.6 Å². The highest BCUT2D eigenvalue weighted by atomic mass is 35.5. The minimum absolute atomic E-state index is 0.0889. The van der Waals surface area contributed by atoms with Gasteiger partial charge in [0.15, 0.2) is 0 Å². The van der Waals surface area contributed by atoms with Crippen molar-refractivity contribution >= 4 is 29.3 Å². The van der Waals surface area contributed by atoms with Crippen LogP contribution in [0.1, 0.15) is 12.5 Å². The molecule has 1 fully saturated rings. The third kappa shape index (κ3) is 4.45. The first kappa shape index (κ1) is 17.3. The van der Waals surface area contributed by atoms with Crippen molar-refractivity contribution in [1.29, 1.82) is 0 Å². The topological polar surface area (TPSA) is 78.5 Å². The number of carbonyl (C=O) groups excluding carboxylic acids is 3. The van der Waals surface area contributed by atoms with Gasteiger partial charge >= 0.3 is 0 Å². The fourth-order valence-corrected chi connectivity index (χ4v) is 3.01. The van der Waals surface area contributed by atoms with Crippen LogP contribution in [-0.2, 0) is 20.8 Å². The average Bonchev–Trinajstić information content (AvgIpc) is 2.89. The number of nitrogens with zero attached hydrogens (tertiary/aromatic N) is 1. The van der Waals surface area contributed by atoms with Crippen LogP contribution in [0.4, 0.5) is 0 Å². The van der Waals surface area contributed by atoms with Gasteiger partial charge in [-0.1, -0.05) is 23.7 Å². The van der Waals surface area contributed by atoms with Crippen molar-refractivity contribution in [3.63, 3.8) is 0 Å². The number of halogens is 1. The Balaban J connectivity index is 2.06. The van der Waals surface area contributed by atoms with Crippen LogP contribution in [0.2, 0.25) is 5.02 Å². The van der Waals surface area contributed by atoms with Crippen LogP contribution in [0.3, 0.4) is 0 Å². The molecule has 0 radical (unpaired) electrons. The lowest BCUT2D eigenvalue weighted by Crippen LogP contribution is -2.44. The Morgan fingerprint density at radius 1 is 1.30 bits per heavy atom. The largest absolute Gasteiger partial charge is 0.359 e. The Hall–Kier alpha value is -2.08. The smallest absolute Gasteiger partial charge is 0.227 e. The van der Waals surface area contributed by atoms with E-state index in [0.717, 1.165) is 5.56 Å². The Kier molecular flexibility index (Phi) is 5.60. The summed E-state index contributed by atoms with van der Waals surface area (Å²) in [6.45, 7) is 2.03. The molecule has 1 saturated heterocycles. The van der Waals surface area contributed by atoms with Crippen LogP contribution in [0.15, 0.2) is 24.3 Å². The van der Waals surface area contributed by atoms with Gasteiger partial charge in [-0.15, -0.1) is 0 Å². The van der Waals surface area contributed by atoms with Gasteiger partial charge in [-0.25, -0.2) is 0 Å². The van der Waals surface area contributed by atoms with Crippen LogP contribution in [0.25, 0.3) is 0 Å². The number of hydrogen-bond donors (Lipinski definition) is 2. The highest BCUT2D eigenvalue weighted by molar-refractivity contribution is 6.30. The lowest BCUT2D eigenvalue weighted by atomic mass is 10.0. The van der Waals surface area contributed by atoms with E-state index in [1.807, 2.05) is 6.07 Å². The predicted octanol–water partition coefficient (Wildman–Crippen LogP) is 0.592. The maximum absolute atomic E-state index is 12.5. The van der Waals surface area contributed by atoms with Crippen molar-refractivity contribution in [1.82, 2.24) is 15.5 Å². The molecule has 0 aliphatic carbocycles. The van der Waals surface area contributed by atoms with Crippen LogP contribution in [-0.4, -0.2) is 48.8 Å². The van der Waals surface area contributed by atoms with Gasteiger partial charge in [-0.2, -0.15) is 0 Å². The van der Waals surface area contributed by atoms with Gasteiger partial charge in [-0.3, -0.25) is 14.4 Å². The SMILES string of the molecule is CNC(=O)[C@H]1CN(C(=O)Cc2cccc(Cl)c2)C[C@@H]1NC(C)=O. The number of likely N-dealkylation sites (tertiary alicyclic amines) is 1. The van der Waals surface area contributed by atoms with Crippen molar-refractivity contribution < 1.29 is 14.4 Å². The first-order valence-electron chi connectivity index (χ1n) is 7.41. The quantitative estimate of drug-likeness (QED) is 0.844. The predicted molar refractivity (Wildman–Crippen MR) is 86.9 cm³/mol. The molecule has 124 valence electrons. The summed E-state index contributed by atoms with van der Waals surface area (Å²) >= 11 is 5.93. The molecule has 2 N–H and O–H groups in total. The molecule has 1 aliphatic heterocycles. The summed E-state index contributed by atoms with van der Waals surface area (Å²) in [4.78, 5) is 37.3. The molecule has 1 aromatic carbocycles. The number of hydrogen-bond acceptors (Lipinski definition) is 3. The van der Waals surface area contributed by atoms with Gasteiger partial charge in [0.05, 0.1) is 18.4 Å².